The SMILES string of the molecule is CCSc1ncnc(NN)c1OC. The number of hydrogen-bond donors (Lipinski definition) is 2. The fraction of sp³-hybridized carbons (Fsp3) is 0.429. The second-order valence-corrected chi connectivity index (χ2v) is 3.39. The molecular weight excluding hydrogens is 188 g/mol. The first-order valence-corrected chi connectivity index (χ1v) is 4.80. The lowest BCUT2D eigenvalue weighted by molar-refractivity contribution is 0.400. The van der Waals surface area contributed by atoms with Crippen LogP contribution in [0.15, 0.2) is 11.4 Å². The maximum Gasteiger partial charge on any atom is 0.195 e. The number of thioether (sulfide) groups is 1. The van der Waals surface area contributed by atoms with Crippen molar-refractivity contribution in [3.63, 3.8) is 0 Å². The molecule has 1 heterocycles. The van der Waals surface area contributed by atoms with E-state index >= 15 is 0 Å². The third kappa shape index (κ3) is 2.22. The highest BCUT2D eigenvalue weighted by Gasteiger charge is 2.10. The van der Waals surface area contributed by atoms with Crippen LogP contribution in [0.25, 0.3) is 0 Å². The highest BCUT2D eigenvalue weighted by atomic mass is 32.2. The molecule has 13 heavy (non-hydrogen) atoms. The summed E-state index contributed by atoms with van der Waals surface area (Å²) >= 11 is 1.58. The van der Waals surface area contributed by atoms with Gasteiger partial charge in [-0.15, -0.1) is 11.8 Å². The summed E-state index contributed by atoms with van der Waals surface area (Å²) in [6.07, 6.45) is 1.45. The minimum Gasteiger partial charge on any atom is -0.490 e. The first-order valence-electron chi connectivity index (χ1n) is 3.81. The number of nitrogens with one attached hydrogen (secondary N) is 1. The molecule has 0 aliphatic carbocycles. The maximum absolute atomic E-state index is 5.26. The fourth-order valence-corrected chi connectivity index (χ4v) is 1.59. The summed E-state index contributed by atoms with van der Waals surface area (Å²) in [4.78, 5) is 8.00. The highest BCUT2D eigenvalue weighted by molar-refractivity contribution is 7.99. The van der Waals surface area contributed by atoms with Crippen LogP contribution < -0.4 is 16.0 Å². The van der Waals surface area contributed by atoms with Gasteiger partial charge < -0.3 is 10.2 Å². The van der Waals surface area contributed by atoms with Gasteiger partial charge in [0.2, 0.25) is 0 Å². The van der Waals surface area contributed by atoms with Crippen LogP contribution >= 0.6 is 11.8 Å². The van der Waals surface area contributed by atoms with Crippen LogP contribution in [0.1, 0.15) is 6.92 Å². The molecule has 0 aromatic carbocycles. The number of aromatic nitrogens is 2. The molecule has 0 spiro atoms. The summed E-state index contributed by atoms with van der Waals surface area (Å²) in [7, 11) is 1.57. The molecule has 0 unspecified atom stereocenters. The quantitative estimate of drug-likeness (QED) is 0.325. The van der Waals surface area contributed by atoms with E-state index in [1.807, 2.05) is 6.92 Å². The summed E-state index contributed by atoms with van der Waals surface area (Å²) in [5, 5.41) is 0.799. The van der Waals surface area contributed by atoms with Crippen LogP contribution in [-0.2, 0) is 0 Å². The van der Waals surface area contributed by atoms with Crippen LogP contribution in [0.4, 0.5) is 5.82 Å². The average Bonchev–Trinajstić information content (AvgIpc) is 2.18. The van der Waals surface area contributed by atoms with Gasteiger partial charge in [0.15, 0.2) is 11.6 Å². The van der Waals surface area contributed by atoms with Gasteiger partial charge in [0.25, 0.3) is 0 Å². The largest absolute Gasteiger partial charge is 0.490 e. The van der Waals surface area contributed by atoms with Crippen molar-refractivity contribution >= 4 is 17.6 Å². The first-order chi connectivity index (χ1) is 6.33. The Kier molecular flexibility index (Phi) is 3.78. The number of hydrazine groups is 1. The third-order valence-electron chi connectivity index (χ3n) is 1.39. The van der Waals surface area contributed by atoms with E-state index in [0.717, 1.165) is 10.8 Å². The minimum absolute atomic E-state index is 0.508. The van der Waals surface area contributed by atoms with Gasteiger partial charge in [-0.05, 0) is 5.75 Å². The molecule has 1 aromatic heterocycles. The summed E-state index contributed by atoms with van der Waals surface area (Å²) in [6.45, 7) is 2.04. The molecule has 0 radical (unpaired) electrons. The number of anilines is 1. The van der Waals surface area contributed by atoms with E-state index in [0.29, 0.717) is 11.6 Å². The van der Waals surface area contributed by atoms with E-state index in [1.54, 1.807) is 18.9 Å². The van der Waals surface area contributed by atoms with Gasteiger partial charge in [0.05, 0.1) is 7.11 Å². The molecule has 5 nitrogen and oxygen atoms in total. The minimum atomic E-state index is 0.508. The first kappa shape index (κ1) is 10.1. The molecule has 3 N–H and O–H groups in total. The Balaban J connectivity index is 3.03. The van der Waals surface area contributed by atoms with Gasteiger partial charge in [-0.3, -0.25) is 0 Å². The molecule has 1 rings (SSSR count). The van der Waals surface area contributed by atoms with E-state index < -0.39 is 0 Å². The molecule has 0 amide bonds. The van der Waals surface area contributed by atoms with Gasteiger partial charge in [0.1, 0.15) is 11.4 Å². The van der Waals surface area contributed by atoms with Crippen molar-refractivity contribution in [3.8, 4) is 5.75 Å². The summed E-state index contributed by atoms with van der Waals surface area (Å²) in [5.41, 5.74) is 2.46. The number of rotatable bonds is 4. The van der Waals surface area contributed by atoms with E-state index in [2.05, 4.69) is 15.4 Å². The molecule has 6 heteroatoms. The second-order valence-electron chi connectivity index (χ2n) is 2.14. The van der Waals surface area contributed by atoms with Crippen molar-refractivity contribution in [1.29, 1.82) is 0 Å². The van der Waals surface area contributed by atoms with E-state index in [9.17, 15) is 0 Å². The summed E-state index contributed by atoms with van der Waals surface area (Å²) in [6, 6.07) is 0. The van der Waals surface area contributed by atoms with Crippen molar-refractivity contribution in [1.82, 2.24) is 9.97 Å². The second kappa shape index (κ2) is 4.88. The predicted octanol–water partition coefficient (Wildman–Crippen LogP) is 0.883. The van der Waals surface area contributed by atoms with Crippen LogP contribution in [0, 0.1) is 0 Å². The normalized spacial score (nSPS) is 9.77. The van der Waals surface area contributed by atoms with E-state index in [4.69, 9.17) is 10.6 Å². The fourth-order valence-electron chi connectivity index (χ4n) is 0.884. The van der Waals surface area contributed by atoms with Crippen molar-refractivity contribution in [3.05, 3.63) is 6.33 Å². The van der Waals surface area contributed by atoms with Crippen LogP contribution in [-0.4, -0.2) is 22.8 Å². The Morgan fingerprint density at radius 2 is 2.38 bits per heavy atom. The lowest BCUT2D eigenvalue weighted by atomic mass is 10.5. The Morgan fingerprint density at radius 1 is 1.62 bits per heavy atom. The monoisotopic (exact) mass is 200 g/mol. The number of nitrogen functional groups attached to an aromatic ring is 1. The summed E-state index contributed by atoms with van der Waals surface area (Å²) < 4.78 is 5.13. The topological polar surface area (TPSA) is 73.1 Å². The number of nitrogens with zero attached hydrogens (tertiary/aromatic N) is 2. The highest BCUT2D eigenvalue weighted by Crippen LogP contribution is 2.31. The Bertz CT molecular complexity index is 281. The van der Waals surface area contributed by atoms with Crippen molar-refractivity contribution in [2.24, 2.45) is 5.84 Å². The predicted molar refractivity (Wildman–Crippen MR) is 52.8 cm³/mol. The zero-order valence-corrected chi connectivity index (χ0v) is 8.39. The van der Waals surface area contributed by atoms with E-state index in [1.165, 1.54) is 6.33 Å². The third-order valence-corrected chi connectivity index (χ3v) is 2.25. The Labute approximate surface area is 81.1 Å². The van der Waals surface area contributed by atoms with Crippen molar-refractivity contribution < 1.29 is 4.74 Å². The number of methoxy groups -OCH3 is 1. The Hall–Kier alpha value is -1.01. The van der Waals surface area contributed by atoms with Gasteiger partial charge in [-0.25, -0.2) is 15.8 Å². The molecule has 1 aromatic rings. The molecule has 0 aliphatic heterocycles. The van der Waals surface area contributed by atoms with Crippen molar-refractivity contribution in [2.75, 3.05) is 18.3 Å². The number of ether oxygens (including phenoxy) is 1. The van der Waals surface area contributed by atoms with Crippen molar-refractivity contribution in [2.45, 2.75) is 11.9 Å². The number of hydrogen-bond acceptors (Lipinski definition) is 6. The van der Waals surface area contributed by atoms with Gasteiger partial charge in [-0.1, -0.05) is 6.92 Å². The smallest absolute Gasteiger partial charge is 0.195 e. The molecule has 0 bridgehead atoms. The van der Waals surface area contributed by atoms with Crippen LogP contribution in [0.3, 0.4) is 0 Å². The van der Waals surface area contributed by atoms with Gasteiger partial charge >= 0.3 is 0 Å². The molecule has 0 fully saturated rings. The maximum atomic E-state index is 5.26. The van der Waals surface area contributed by atoms with Crippen LogP contribution in [0.2, 0.25) is 0 Å². The van der Waals surface area contributed by atoms with Gasteiger partial charge in [0, 0.05) is 0 Å². The lowest BCUT2D eigenvalue weighted by Gasteiger charge is -2.09. The molecule has 0 aliphatic rings. The standard InChI is InChI=1S/C7H12N4OS/c1-3-13-7-5(12-2)6(11-8)9-4-10-7/h4H,3,8H2,1-2H3,(H,9,10,11). The molecule has 0 atom stereocenters. The molecular formula is C7H12N4OS. The van der Waals surface area contributed by atoms with Crippen LogP contribution in [0.5, 0.6) is 5.75 Å². The zero-order chi connectivity index (χ0) is 9.68. The lowest BCUT2D eigenvalue weighted by Crippen LogP contribution is -2.10. The molecule has 0 saturated heterocycles. The summed E-state index contributed by atoms with van der Waals surface area (Å²) in [5.74, 6) is 7.29. The molecule has 72 valence electrons. The van der Waals surface area contributed by atoms with Gasteiger partial charge in [-0.2, -0.15) is 0 Å². The zero-order valence-electron chi connectivity index (χ0n) is 7.57. The number of nitrogens with two attached hydrogens (primary N) is 1. The van der Waals surface area contributed by atoms with E-state index in [-0.39, 0.29) is 0 Å². The Morgan fingerprint density at radius 3 is 2.92 bits per heavy atom. The molecule has 0 saturated carbocycles. The average molecular weight is 200 g/mol.